The average molecular weight is 400 g/mol. The molecular weight excluding hydrogens is 388 g/mol. The van der Waals surface area contributed by atoms with E-state index < -0.39 is 0 Å². The van der Waals surface area contributed by atoms with E-state index >= 15 is 0 Å². The first-order valence-corrected chi connectivity index (χ1v) is 7.46. The summed E-state index contributed by atoms with van der Waals surface area (Å²) >= 11 is 6.68. The number of rotatable bonds is 3. The molecule has 2 rings (SSSR count). The van der Waals surface area contributed by atoms with Gasteiger partial charge in [-0.1, -0.05) is 22.0 Å². The molecule has 0 bridgehead atoms. The van der Waals surface area contributed by atoms with E-state index in [9.17, 15) is 9.59 Å². The molecule has 1 amide bonds. The molecule has 2 aromatic rings. The molecule has 4 nitrogen and oxygen atoms in total. The zero-order valence-corrected chi connectivity index (χ0v) is 13.9. The minimum absolute atomic E-state index is 0.0240. The summed E-state index contributed by atoms with van der Waals surface area (Å²) in [5.74, 6) is -0.249. The van der Waals surface area contributed by atoms with Crippen LogP contribution in [-0.4, -0.2) is 10.5 Å². The lowest BCUT2D eigenvalue weighted by atomic mass is 10.2. The lowest BCUT2D eigenvalue weighted by Crippen LogP contribution is -2.26. The Kier molecular flexibility index (Phi) is 4.77. The first kappa shape index (κ1) is 15.0. The van der Waals surface area contributed by atoms with E-state index in [1.807, 2.05) is 25.1 Å². The Bertz CT molecular complexity index is 711. The third-order valence-electron chi connectivity index (χ3n) is 2.72. The summed E-state index contributed by atoms with van der Waals surface area (Å²) < 4.78 is 3.03. The number of nitrogens with zero attached hydrogens (tertiary/aromatic N) is 1. The quantitative estimate of drug-likeness (QED) is 0.860. The van der Waals surface area contributed by atoms with Crippen LogP contribution in [0.15, 0.2) is 50.3 Å². The van der Waals surface area contributed by atoms with Gasteiger partial charge in [-0.2, -0.15) is 0 Å². The Labute approximate surface area is 133 Å². The van der Waals surface area contributed by atoms with Crippen LogP contribution in [0.25, 0.3) is 0 Å². The fourth-order valence-electron chi connectivity index (χ4n) is 1.65. The second-order valence-electron chi connectivity index (χ2n) is 4.33. The maximum atomic E-state index is 11.9. The summed E-state index contributed by atoms with van der Waals surface area (Å²) in [4.78, 5) is 23.6. The highest BCUT2D eigenvalue weighted by Crippen LogP contribution is 2.20. The number of pyridine rings is 1. The predicted molar refractivity (Wildman–Crippen MR) is 85.9 cm³/mol. The number of anilines is 1. The maximum absolute atomic E-state index is 11.9. The number of aromatic nitrogens is 1. The third kappa shape index (κ3) is 3.80. The molecule has 104 valence electrons. The van der Waals surface area contributed by atoms with E-state index in [2.05, 4.69) is 37.2 Å². The Balaban J connectivity index is 2.11. The van der Waals surface area contributed by atoms with Crippen LogP contribution in [0.1, 0.15) is 5.56 Å². The van der Waals surface area contributed by atoms with Crippen LogP contribution in [0.5, 0.6) is 0 Å². The van der Waals surface area contributed by atoms with Crippen molar-refractivity contribution >= 4 is 43.5 Å². The molecule has 1 aromatic heterocycles. The minimum Gasteiger partial charge on any atom is -0.324 e. The number of carbonyl (C=O) groups excluding carboxylic acids is 1. The molecule has 20 heavy (non-hydrogen) atoms. The first-order valence-electron chi connectivity index (χ1n) is 5.88. The van der Waals surface area contributed by atoms with Gasteiger partial charge in [0, 0.05) is 26.9 Å². The Morgan fingerprint density at radius 2 is 2.00 bits per heavy atom. The van der Waals surface area contributed by atoms with E-state index in [4.69, 9.17) is 0 Å². The molecular formula is C14H12Br2N2O2. The molecule has 0 radical (unpaired) electrons. The lowest BCUT2D eigenvalue weighted by Gasteiger charge is -2.08. The number of hydrogen-bond acceptors (Lipinski definition) is 2. The molecule has 1 N–H and O–H groups in total. The molecule has 0 aliphatic rings. The summed E-state index contributed by atoms with van der Waals surface area (Å²) in [6.45, 7) is 1.94. The first-order chi connectivity index (χ1) is 9.45. The molecule has 0 saturated heterocycles. The minimum atomic E-state index is -0.249. The fraction of sp³-hybridized carbons (Fsp3) is 0.143. The standard InChI is InChI=1S/C14H12Br2N2O2/c1-9-2-4-11(6-12(9)16)17-13(19)8-18-7-10(15)3-5-14(18)20/h2-7H,8H2,1H3,(H,17,19). The van der Waals surface area contributed by atoms with Crippen LogP contribution in [0.2, 0.25) is 0 Å². The monoisotopic (exact) mass is 398 g/mol. The Morgan fingerprint density at radius 3 is 2.70 bits per heavy atom. The van der Waals surface area contributed by atoms with Gasteiger partial charge in [-0.3, -0.25) is 9.59 Å². The number of carbonyl (C=O) groups is 1. The van der Waals surface area contributed by atoms with Crippen molar-refractivity contribution in [2.24, 2.45) is 0 Å². The third-order valence-corrected chi connectivity index (χ3v) is 4.04. The molecule has 1 heterocycles. The van der Waals surface area contributed by atoms with Gasteiger partial charge in [0.15, 0.2) is 0 Å². The second-order valence-corrected chi connectivity index (χ2v) is 6.10. The summed E-state index contributed by atoms with van der Waals surface area (Å²) in [6.07, 6.45) is 1.59. The maximum Gasteiger partial charge on any atom is 0.251 e. The van der Waals surface area contributed by atoms with Crippen LogP contribution >= 0.6 is 31.9 Å². The fourth-order valence-corrected chi connectivity index (χ4v) is 2.41. The van der Waals surface area contributed by atoms with Crippen molar-refractivity contribution in [2.75, 3.05) is 5.32 Å². The summed E-state index contributed by atoms with van der Waals surface area (Å²) in [5.41, 5.74) is 1.56. The lowest BCUT2D eigenvalue weighted by molar-refractivity contribution is -0.116. The molecule has 0 fully saturated rings. The van der Waals surface area contributed by atoms with Crippen molar-refractivity contribution in [1.82, 2.24) is 4.57 Å². The highest BCUT2D eigenvalue weighted by molar-refractivity contribution is 9.10. The largest absolute Gasteiger partial charge is 0.324 e. The number of hydrogen-bond donors (Lipinski definition) is 1. The van der Waals surface area contributed by atoms with Crippen molar-refractivity contribution < 1.29 is 4.79 Å². The highest BCUT2D eigenvalue weighted by Gasteiger charge is 2.06. The Hall–Kier alpha value is -1.40. The van der Waals surface area contributed by atoms with Gasteiger partial charge < -0.3 is 9.88 Å². The van der Waals surface area contributed by atoms with Crippen LogP contribution in [-0.2, 0) is 11.3 Å². The van der Waals surface area contributed by atoms with Crippen molar-refractivity contribution in [2.45, 2.75) is 13.5 Å². The second kappa shape index (κ2) is 6.37. The van der Waals surface area contributed by atoms with E-state index in [0.29, 0.717) is 5.69 Å². The van der Waals surface area contributed by atoms with Crippen molar-refractivity contribution in [3.8, 4) is 0 Å². The molecule has 6 heteroatoms. The molecule has 0 unspecified atom stereocenters. The van der Waals surface area contributed by atoms with Gasteiger partial charge in [0.2, 0.25) is 5.91 Å². The van der Waals surface area contributed by atoms with Gasteiger partial charge in [0.1, 0.15) is 6.54 Å². The van der Waals surface area contributed by atoms with Gasteiger partial charge in [0.25, 0.3) is 5.56 Å². The van der Waals surface area contributed by atoms with E-state index in [1.54, 1.807) is 12.3 Å². The highest BCUT2D eigenvalue weighted by atomic mass is 79.9. The van der Waals surface area contributed by atoms with Crippen molar-refractivity contribution in [1.29, 1.82) is 0 Å². The zero-order chi connectivity index (χ0) is 14.7. The van der Waals surface area contributed by atoms with Gasteiger partial charge in [-0.15, -0.1) is 0 Å². The molecule has 0 aliphatic carbocycles. The van der Waals surface area contributed by atoms with E-state index in [0.717, 1.165) is 14.5 Å². The van der Waals surface area contributed by atoms with Gasteiger partial charge in [0.05, 0.1) is 0 Å². The van der Waals surface area contributed by atoms with Crippen molar-refractivity contribution in [3.05, 3.63) is 61.4 Å². The summed E-state index contributed by atoms with van der Waals surface area (Å²) in [6, 6.07) is 8.62. The zero-order valence-electron chi connectivity index (χ0n) is 10.7. The van der Waals surface area contributed by atoms with Crippen molar-refractivity contribution in [3.63, 3.8) is 0 Å². The van der Waals surface area contributed by atoms with Gasteiger partial charge >= 0.3 is 0 Å². The molecule has 1 aromatic carbocycles. The number of amides is 1. The summed E-state index contributed by atoms with van der Waals surface area (Å²) in [7, 11) is 0. The van der Waals surface area contributed by atoms with Crippen LogP contribution in [0.3, 0.4) is 0 Å². The number of nitrogens with one attached hydrogen (secondary N) is 1. The van der Waals surface area contributed by atoms with Gasteiger partial charge in [-0.05, 0) is 46.6 Å². The van der Waals surface area contributed by atoms with E-state index in [1.165, 1.54) is 10.6 Å². The summed E-state index contributed by atoms with van der Waals surface area (Å²) in [5, 5.41) is 2.76. The molecule has 0 aliphatic heterocycles. The number of halogens is 2. The normalized spacial score (nSPS) is 10.3. The van der Waals surface area contributed by atoms with Crippen LogP contribution in [0.4, 0.5) is 5.69 Å². The average Bonchev–Trinajstić information content (AvgIpc) is 2.38. The van der Waals surface area contributed by atoms with E-state index in [-0.39, 0.29) is 18.0 Å². The smallest absolute Gasteiger partial charge is 0.251 e. The van der Waals surface area contributed by atoms with Crippen LogP contribution in [0, 0.1) is 6.92 Å². The topological polar surface area (TPSA) is 51.1 Å². The molecule has 0 saturated carbocycles. The molecule has 0 spiro atoms. The SMILES string of the molecule is Cc1ccc(NC(=O)Cn2cc(Br)ccc2=O)cc1Br. The van der Waals surface area contributed by atoms with Crippen LogP contribution < -0.4 is 10.9 Å². The number of aryl methyl sites for hydroxylation is 1. The molecule has 0 atom stereocenters. The Morgan fingerprint density at radius 1 is 1.25 bits per heavy atom. The van der Waals surface area contributed by atoms with Gasteiger partial charge in [-0.25, -0.2) is 0 Å². The number of benzene rings is 1. The predicted octanol–water partition coefficient (Wildman–Crippen LogP) is 3.32.